The van der Waals surface area contributed by atoms with Crippen LogP contribution in [-0.4, -0.2) is 40.4 Å². The van der Waals surface area contributed by atoms with Crippen LogP contribution in [0.15, 0.2) is 27.7 Å². The smallest absolute Gasteiger partial charge is 0.191 e. The summed E-state index contributed by atoms with van der Waals surface area (Å²) in [5.74, 6) is 1.58. The normalized spacial score (nSPS) is 10.7. The molecule has 0 radical (unpaired) electrons. The van der Waals surface area contributed by atoms with Gasteiger partial charge in [-0.1, -0.05) is 6.07 Å². The highest BCUT2D eigenvalue weighted by atomic mass is 127. The van der Waals surface area contributed by atoms with Gasteiger partial charge in [0, 0.05) is 27.2 Å². The van der Waals surface area contributed by atoms with E-state index in [1.807, 2.05) is 18.2 Å². The molecule has 0 aliphatic rings. The number of guanidine groups is 1. The van der Waals surface area contributed by atoms with Gasteiger partial charge in [-0.15, -0.1) is 24.0 Å². The maximum atomic E-state index is 5.19. The number of rotatable bonds is 6. The summed E-state index contributed by atoms with van der Waals surface area (Å²) in [6, 6.07) is 5.97. The summed E-state index contributed by atoms with van der Waals surface area (Å²) in [6.07, 6.45) is 0. The maximum absolute atomic E-state index is 5.19. The van der Waals surface area contributed by atoms with E-state index in [0.717, 1.165) is 28.3 Å². The highest BCUT2D eigenvalue weighted by molar-refractivity contribution is 14.0. The largest absolute Gasteiger partial charge is 0.496 e. The predicted octanol–water partition coefficient (Wildman–Crippen LogP) is 2.39. The number of aliphatic imine (C=N–C) groups is 1. The van der Waals surface area contributed by atoms with E-state index in [2.05, 4.69) is 31.6 Å². The van der Waals surface area contributed by atoms with Gasteiger partial charge in [0.05, 0.1) is 18.2 Å². The van der Waals surface area contributed by atoms with Crippen LogP contribution in [0.2, 0.25) is 0 Å². The molecule has 0 fully saturated rings. The lowest BCUT2D eigenvalue weighted by Gasteiger charge is -2.12. The molecule has 0 spiro atoms. The summed E-state index contributed by atoms with van der Waals surface area (Å²) in [5, 5.41) is 6.39. The number of benzene rings is 1. The number of nitrogens with one attached hydrogen (secondary N) is 2. The molecule has 0 saturated carbocycles. The van der Waals surface area contributed by atoms with Crippen molar-refractivity contribution in [3.63, 3.8) is 0 Å². The van der Waals surface area contributed by atoms with Gasteiger partial charge in [0.15, 0.2) is 5.96 Å². The topological polar surface area (TPSA) is 54.9 Å². The van der Waals surface area contributed by atoms with Crippen molar-refractivity contribution in [1.82, 2.24) is 10.6 Å². The molecule has 1 aromatic rings. The second-order valence-corrected chi connectivity index (χ2v) is 4.67. The molecule has 0 aromatic heterocycles. The van der Waals surface area contributed by atoms with Crippen LogP contribution in [0.1, 0.15) is 5.56 Å². The Hall–Kier alpha value is -0.540. The monoisotopic (exact) mass is 457 g/mol. The van der Waals surface area contributed by atoms with E-state index in [4.69, 9.17) is 9.47 Å². The van der Waals surface area contributed by atoms with E-state index in [1.54, 1.807) is 21.3 Å². The Kier molecular flexibility index (Phi) is 10.9. The molecule has 2 N–H and O–H groups in total. The molecule has 0 atom stereocenters. The van der Waals surface area contributed by atoms with Crippen LogP contribution in [0, 0.1) is 0 Å². The molecule has 0 bridgehead atoms. The number of halogens is 2. The number of ether oxygens (including phenoxy) is 2. The number of nitrogens with zero attached hydrogens (tertiary/aromatic N) is 1. The lowest BCUT2D eigenvalue weighted by atomic mass is 10.2. The van der Waals surface area contributed by atoms with E-state index in [1.165, 1.54) is 0 Å². The lowest BCUT2D eigenvalue weighted by Crippen LogP contribution is -2.38. The van der Waals surface area contributed by atoms with E-state index in [-0.39, 0.29) is 24.0 Å². The summed E-state index contributed by atoms with van der Waals surface area (Å²) >= 11 is 3.47. The summed E-state index contributed by atoms with van der Waals surface area (Å²) in [7, 11) is 5.07. The van der Waals surface area contributed by atoms with E-state index < -0.39 is 0 Å². The van der Waals surface area contributed by atoms with Crippen LogP contribution in [0.25, 0.3) is 0 Å². The van der Waals surface area contributed by atoms with Crippen LogP contribution in [-0.2, 0) is 11.3 Å². The molecule has 1 rings (SSSR count). The molecule has 5 nitrogen and oxygen atoms in total. The predicted molar refractivity (Wildman–Crippen MR) is 96.2 cm³/mol. The third-order valence-electron chi connectivity index (χ3n) is 2.50. The standard InChI is InChI=1S/C13H20BrN3O2.HI/c1-15-13(16-6-7-18-2)17-9-10-4-5-12(19-3)11(14)8-10;/h4-5,8H,6-7,9H2,1-3H3,(H2,15,16,17);1H. The number of hydrogen-bond donors (Lipinski definition) is 2. The fraction of sp³-hybridized carbons (Fsp3) is 0.462. The number of methoxy groups -OCH3 is 2. The first-order chi connectivity index (χ1) is 9.21. The quantitative estimate of drug-likeness (QED) is 0.298. The molecule has 0 saturated heterocycles. The minimum atomic E-state index is 0. The Morgan fingerprint density at radius 1 is 1.30 bits per heavy atom. The Balaban J connectivity index is 0.00000361. The first-order valence-electron chi connectivity index (χ1n) is 5.97. The van der Waals surface area contributed by atoms with Crippen molar-refractivity contribution < 1.29 is 9.47 Å². The first kappa shape index (κ1) is 19.5. The van der Waals surface area contributed by atoms with Crippen molar-refractivity contribution in [2.75, 3.05) is 34.4 Å². The molecule has 0 aliphatic carbocycles. The minimum absolute atomic E-state index is 0. The van der Waals surface area contributed by atoms with Gasteiger partial charge in [0.25, 0.3) is 0 Å². The van der Waals surface area contributed by atoms with E-state index in [0.29, 0.717) is 13.2 Å². The van der Waals surface area contributed by atoms with Crippen molar-refractivity contribution in [2.24, 2.45) is 4.99 Å². The summed E-state index contributed by atoms with van der Waals surface area (Å²) in [4.78, 5) is 4.13. The Morgan fingerprint density at radius 3 is 2.60 bits per heavy atom. The van der Waals surface area contributed by atoms with Crippen LogP contribution >= 0.6 is 39.9 Å². The summed E-state index contributed by atoms with van der Waals surface area (Å²) in [6.45, 7) is 2.06. The second-order valence-electron chi connectivity index (χ2n) is 3.81. The Bertz CT molecular complexity index is 430. The number of hydrogen-bond acceptors (Lipinski definition) is 3. The first-order valence-corrected chi connectivity index (χ1v) is 6.76. The van der Waals surface area contributed by atoms with Gasteiger partial charge in [0.2, 0.25) is 0 Å². The SMILES string of the molecule is CN=C(NCCOC)NCc1ccc(OC)c(Br)c1.I. The molecule has 0 heterocycles. The Morgan fingerprint density at radius 2 is 2.05 bits per heavy atom. The van der Waals surface area contributed by atoms with Crippen LogP contribution in [0.4, 0.5) is 0 Å². The average molecular weight is 458 g/mol. The van der Waals surface area contributed by atoms with Crippen molar-refractivity contribution in [1.29, 1.82) is 0 Å². The van der Waals surface area contributed by atoms with Gasteiger partial charge < -0.3 is 20.1 Å². The van der Waals surface area contributed by atoms with Gasteiger partial charge >= 0.3 is 0 Å². The van der Waals surface area contributed by atoms with Crippen LogP contribution in [0.3, 0.4) is 0 Å². The molecular formula is C13H21BrIN3O2. The zero-order valence-electron chi connectivity index (χ0n) is 11.9. The van der Waals surface area contributed by atoms with Gasteiger partial charge in [-0.25, -0.2) is 0 Å². The zero-order chi connectivity index (χ0) is 14.1. The molecule has 0 aliphatic heterocycles. The third kappa shape index (κ3) is 6.76. The molecule has 7 heteroatoms. The summed E-state index contributed by atoms with van der Waals surface area (Å²) < 4.78 is 11.1. The Labute approximate surface area is 145 Å². The van der Waals surface area contributed by atoms with Crippen molar-refractivity contribution in [3.8, 4) is 5.75 Å². The molecule has 114 valence electrons. The van der Waals surface area contributed by atoms with Gasteiger partial charge in [0.1, 0.15) is 5.75 Å². The minimum Gasteiger partial charge on any atom is -0.496 e. The van der Waals surface area contributed by atoms with Crippen molar-refractivity contribution >= 4 is 45.9 Å². The van der Waals surface area contributed by atoms with E-state index in [9.17, 15) is 0 Å². The van der Waals surface area contributed by atoms with Gasteiger partial charge in [-0.05, 0) is 33.6 Å². The zero-order valence-corrected chi connectivity index (χ0v) is 15.8. The molecule has 20 heavy (non-hydrogen) atoms. The fourth-order valence-corrected chi connectivity index (χ4v) is 2.09. The highest BCUT2D eigenvalue weighted by Crippen LogP contribution is 2.25. The molecule has 0 amide bonds. The van der Waals surface area contributed by atoms with E-state index >= 15 is 0 Å². The van der Waals surface area contributed by atoms with Gasteiger partial charge in [-0.3, -0.25) is 4.99 Å². The average Bonchev–Trinajstić information content (AvgIpc) is 2.43. The molecular weight excluding hydrogens is 437 g/mol. The molecule has 0 unspecified atom stereocenters. The second kappa shape index (κ2) is 11.2. The van der Waals surface area contributed by atoms with Crippen LogP contribution < -0.4 is 15.4 Å². The van der Waals surface area contributed by atoms with Crippen molar-refractivity contribution in [2.45, 2.75) is 6.54 Å². The van der Waals surface area contributed by atoms with Crippen LogP contribution in [0.5, 0.6) is 5.75 Å². The lowest BCUT2D eigenvalue weighted by molar-refractivity contribution is 0.203. The summed E-state index contributed by atoms with van der Waals surface area (Å²) in [5.41, 5.74) is 1.14. The third-order valence-corrected chi connectivity index (χ3v) is 3.12. The molecule has 1 aromatic carbocycles. The van der Waals surface area contributed by atoms with Gasteiger partial charge in [-0.2, -0.15) is 0 Å². The van der Waals surface area contributed by atoms with Crippen molar-refractivity contribution in [3.05, 3.63) is 28.2 Å². The maximum Gasteiger partial charge on any atom is 0.191 e. The highest BCUT2D eigenvalue weighted by Gasteiger charge is 2.02. The fourth-order valence-electron chi connectivity index (χ4n) is 1.50.